The molecule has 0 amide bonds. The van der Waals surface area contributed by atoms with Gasteiger partial charge in [0.15, 0.2) is 0 Å². The number of hydrogen-bond donors (Lipinski definition) is 1. The molecule has 0 fully saturated rings. The zero-order valence-electron chi connectivity index (χ0n) is 29.8. The highest BCUT2D eigenvalue weighted by Crippen LogP contribution is 2.43. The van der Waals surface area contributed by atoms with E-state index in [0.717, 1.165) is 37.0 Å². The highest BCUT2D eigenvalue weighted by molar-refractivity contribution is 7.84. The number of fused-ring (bicyclic) bond motifs is 1. The van der Waals surface area contributed by atoms with E-state index in [-0.39, 0.29) is 12.0 Å². The van der Waals surface area contributed by atoms with Gasteiger partial charge in [0, 0.05) is 46.3 Å². The fraction of sp³-hybridized carbons (Fsp3) is 0.435. The second-order valence-corrected chi connectivity index (χ2v) is 15.5. The van der Waals surface area contributed by atoms with Crippen LogP contribution >= 0.6 is 12.6 Å². The lowest BCUT2D eigenvalue weighted by Crippen LogP contribution is -2.51. The molecule has 0 aromatic heterocycles. The van der Waals surface area contributed by atoms with Gasteiger partial charge in [-0.1, -0.05) is 116 Å². The zero-order chi connectivity index (χ0) is 33.7. The molecule has 0 N–H and O–H groups in total. The second kappa shape index (κ2) is 15.7. The van der Waals surface area contributed by atoms with Crippen LogP contribution < -0.4 is 0 Å². The first kappa shape index (κ1) is 34.2. The minimum Gasteiger partial charge on any atom is -0.338 e. The van der Waals surface area contributed by atoms with E-state index in [1.54, 1.807) is 11.1 Å². The van der Waals surface area contributed by atoms with Gasteiger partial charge in [-0.3, -0.25) is 4.90 Å². The van der Waals surface area contributed by atoms with Gasteiger partial charge in [-0.2, -0.15) is 0 Å². The van der Waals surface area contributed by atoms with E-state index < -0.39 is 0 Å². The largest absolute Gasteiger partial charge is 0.338 e. The van der Waals surface area contributed by atoms with E-state index in [9.17, 15) is 0 Å². The minimum atomic E-state index is 0.225. The van der Waals surface area contributed by atoms with Crippen LogP contribution in [-0.2, 0) is 0 Å². The molecule has 7 aliphatic rings. The Balaban J connectivity index is 1.24. The summed E-state index contributed by atoms with van der Waals surface area (Å²) in [5.41, 5.74) is 10.1. The maximum Gasteiger partial charge on any atom is 0.0625 e. The third kappa shape index (κ3) is 7.45. The zero-order valence-corrected chi connectivity index (χ0v) is 30.7. The molecular weight excluding hydrogens is 613 g/mol. The maximum atomic E-state index is 5.06. The van der Waals surface area contributed by atoms with Crippen molar-refractivity contribution in [1.82, 2.24) is 9.80 Å². The van der Waals surface area contributed by atoms with E-state index in [0.29, 0.717) is 24.0 Å². The van der Waals surface area contributed by atoms with E-state index in [4.69, 9.17) is 12.6 Å². The Bertz CT molecular complexity index is 1660. The Morgan fingerprint density at radius 3 is 2.67 bits per heavy atom. The molecule has 2 nitrogen and oxygen atoms in total. The third-order valence-electron chi connectivity index (χ3n) is 11.8. The van der Waals surface area contributed by atoms with Crippen LogP contribution in [0.25, 0.3) is 0 Å². The molecule has 256 valence electrons. The minimum absolute atomic E-state index is 0.225. The highest BCUT2D eigenvalue weighted by Gasteiger charge is 2.37. The van der Waals surface area contributed by atoms with Crippen molar-refractivity contribution in [2.45, 2.75) is 115 Å². The lowest BCUT2D eigenvalue weighted by molar-refractivity contribution is 0.0984. The Kier molecular flexibility index (Phi) is 11.0. The fourth-order valence-electron chi connectivity index (χ4n) is 9.52. The van der Waals surface area contributed by atoms with Crippen molar-refractivity contribution in [3.05, 3.63) is 154 Å². The lowest BCUT2D eigenvalue weighted by Gasteiger charge is -2.46. The molecule has 0 heterocycles. The van der Waals surface area contributed by atoms with Crippen LogP contribution in [0.4, 0.5) is 0 Å². The summed E-state index contributed by atoms with van der Waals surface area (Å²) in [5.74, 6) is 0.556. The summed E-state index contributed by atoms with van der Waals surface area (Å²) in [6.45, 7) is 9.20. The van der Waals surface area contributed by atoms with Crippen LogP contribution in [-0.4, -0.2) is 34.0 Å². The molecule has 0 saturated heterocycles. The summed E-state index contributed by atoms with van der Waals surface area (Å²) in [6, 6.07) is 1.62. The van der Waals surface area contributed by atoms with Gasteiger partial charge in [0.2, 0.25) is 0 Å². The molecule has 7 aliphatic carbocycles. The van der Waals surface area contributed by atoms with Crippen LogP contribution in [0.15, 0.2) is 154 Å². The van der Waals surface area contributed by atoms with Gasteiger partial charge >= 0.3 is 0 Å². The molecule has 0 bridgehead atoms. The standard InChI is InChI=1S/C46H56N2S/c1-4-38(47(39-21-7-5-8-22-39)45-27-15-19-35-17-11-13-25-42(35)45)32-44(34(3)49)37-29-33(2)30-41(31-37)48(40-23-9-6-10-24-40)46-28-16-20-36-18-12-14-26-43(36)46/h5,7,9,12-14,16,18,20,23-26,28-30,32,37-39,43,45-46,49H,3-4,6,8,10-11,15,17,19,21-22,27,31H2,1-2H3/b44-32+. The summed E-state index contributed by atoms with van der Waals surface area (Å²) >= 11 is 5.06. The Labute approximate surface area is 302 Å². The molecule has 0 aliphatic heterocycles. The van der Waals surface area contributed by atoms with E-state index >= 15 is 0 Å². The predicted molar refractivity (Wildman–Crippen MR) is 213 cm³/mol. The monoisotopic (exact) mass is 668 g/mol. The molecular formula is C46H56N2S. The molecule has 6 atom stereocenters. The van der Waals surface area contributed by atoms with Crippen LogP contribution in [0, 0.1) is 11.8 Å². The summed E-state index contributed by atoms with van der Waals surface area (Å²) in [7, 11) is 0. The third-order valence-corrected chi connectivity index (χ3v) is 12.0. The molecule has 0 aromatic rings. The van der Waals surface area contributed by atoms with Crippen LogP contribution in [0.2, 0.25) is 0 Å². The number of allylic oxidation sites excluding steroid dienone is 16. The first-order chi connectivity index (χ1) is 24.0. The fourth-order valence-corrected chi connectivity index (χ4v) is 9.77. The maximum absolute atomic E-state index is 5.06. The van der Waals surface area contributed by atoms with Gasteiger partial charge in [-0.25, -0.2) is 0 Å². The first-order valence-corrected chi connectivity index (χ1v) is 19.7. The van der Waals surface area contributed by atoms with E-state index in [2.05, 4.69) is 134 Å². The molecule has 6 unspecified atom stereocenters. The molecule has 7 rings (SSSR count). The Morgan fingerprint density at radius 2 is 1.88 bits per heavy atom. The summed E-state index contributed by atoms with van der Waals surface area (Å²) in [6.07, 6.45) is 54.5. The van der Waals surface area contributed by atoms with Crippen molar-refractivity contribution in [3.8, 4) is 0 Å². The second-order valence-electron chi connectivity index (χ2n) is 15.0. The van der Waals surface area contributed by atoms with Gasteiger partial charge in [-0.15, -0.1) is 12.6 Å². The molecule has 3 heteroatoms. The van der Waals surface area contributed by atoms with Crippen molar-refractivity contribution < 1.29 is 0 Å². The smallest absolute Gasteiger partial charge is 0.0625 e. The van der Waals surface area contributed by atoms with E-state index in [1.165, 1.54) is 73.1 Å². The summed E-state index contributed by atoms with van der Waals surface area (Å²) < 4.78 is 0. The normalized spacial score (nSPS) is 30.0. The van der Waals surface area contributed by atoms with E-state index in [1.807, 2.05) is 0 Å². The van der Waals surface area contributed by atoms with Gasteiger partial charge in [0.1, 0.15) is 0 Å². The Hall–Kier alpha value is -3.27. The number of thiol groups is 1. The lowest BCUT2D eigenvalue weighted by atomic mass is 9.79. The summed E-state index contributed by atoms with van der Waals surface area (Å²) in [5, 5.41) is 0. The number of rotatable bonds is 10. The van der Waals surface area contributed by atoms with Crippen molar-refractivity contribution in [2.24, 2.45) is 11.8 Å². The number of hydrogen-bond acceptors (Lipinski definition) is 3. The molecule has 0 radical (unpaired) electrons. The van der Waals surface area contributed by atoms with Gasteiger partial charge in [0.25, 0.3) is 0 Å². The average molecular weight is 669 g/mol. The van der Waals surface area contributed by atoms with Crippen LogP contribution in [0.5, 0.6) is 0 Å². The van der Waals surface area contributed by atoms with Crippen molar-refractivity contribution in [2.75, 3.05) is 0 Å². The quantitative estimate of drug-likeness (QED) is 0.141. The number of nitrogens with zero attached hydrogens (tertiary/aromatic N) is 2. The van der Waals surface area contributed by atoms with Crippen molar-refractivity contribution >= 4 is 12.6 Å². The van der Waals surface area contributed by atoms with Gasteiger partial charge in [0.05, 0.1) is 6.04 Å². The molecule has 49 heavy (non-hydrogen) atoms. The SMILES string of the molecule is C=C(S)/C(=C\C(CC)N(C1CC=CCC1)C1CCCC2=C1C=CCC2)C1C=C(C)C=C(N(C2=CCCC=C2)C2C=CC=C3C=CC=CC32)C1. The topological polar surface area (TPSA) is 6.48 Å². The molecule has 0 saturated carbocycles. The van der Waals surface area contributed by atoms with Gasteiger partial charge < -0.3 is 4.90 Å². The van der Waals surface area contributed by atoms with Crippen molar-refractivity contribution in [1.29, 1.82) is 0 Å². The van der Waals surface area contributed by atoms with Crippen LogP contribution in [0.3, 0.4) is 0 Å². The molecule has 0 spiro atoms. The van der Waals surface area contributed by atoms with Crippen molar-refractivity contribution in [3.63, 3.8) is 0 Å². The van der Waals surface area contributed by atoms with Gasteiger partial charge in [-0.05, 0) is 113 Å². The Morgan fingerprint density at radius 1 is 0.980 bits per heavy atom. The van der Waals surface area contributed by atoms with Crippen LogP contribution in [0.1, 0.15) is 90.9 Å². The molecule has 0 aromatic carbocycles. The highest BCUT2D eigenvalue weighted by atomic mass is 32.1. The first-order valence-electron chi connectivity index (χ1n) is 19.2. The predicted octanol–water partition coefficient (Wildman–Crippen LogP) is 11.7. The summed E-state index contributed by atoms with van der Waals surface area (Å²) in [4.78, 5) is 6.51. The average Bonchev–Trinajstić information content (AvgIpc) is 3.14.